The van der Waals surface area contributed by atoms with E-state index in [-0.39, 0.29) is 12.5 Å². The third kappa shape index (κ3) is 3.72. The van der Waals surface area contributed by atoms with Gasteiger partial charge in [0.15, 0.2) is 0 Å². The van der Waals surface area contributed by atoms with Crippen molar-refractivity contribution in [3.63, 3.8) is 0 Å². The molecule has 0 atom stereocenters. The number of aromatic nitrogens is 2. The topological polar surface area (TPSA) is 86.6 Å². The minimum Gasteiger partial charge on any atom is -0.480 e. The average molecular weight is 264 g/mol. The smallest absolute Gasteiger partial charge is 0.317 e. The van der Waals surface area contributed by atoms with E-state index in [0.717, 1.165) is 6.42 Å². The van der Waals surface area contributed by atoms with Crippen LogP contribution in [0.25, 0.3) is 0 Å². The molecule has 1 saturated heterocycles. The molecule has 0 aliphatic carbocycles. The number of carbonyl (C=O) groups is 2. The predicted molar refractivity (Wildman–Crippen MR) is 66.6 cm³/mol. The van der Waals surface area contributed by atoms with Crippen molar-refractivity contribution in [3.8, 4) is 0 Å². The molecule has 1 aliphatic rings. The Morgan fingerprint density at radius 3 is 2.58 bits per heavy atom. The summed E-state index contributed by atoms with van der Waals surface area (Å²) in [5, 5.41) is 8.77. The SMILES string of the molecule is O=C(O)CN1CCCN(C(=O)c2cncnc2)CC1. The summed E-state index contributed by atoms with van der Waals surface area (Å²) in [5.74, 6) is -0.936. The Bertz CT molecular complexity index is 452. The molecule has 0 aromatic carbocycles. The predicted octanol–water partition coefficient (Wildman–Crippen LogP) is -0.291. The van der Waals surface area contributed by atoms with Crippen LogP contribution >= 0.6 is 0 Å². The van der Waals surface area contributed by atoms with Gasteiger partial charge in [-0.1, -0.05) is 0 Å². The summed E-state index contributed by atoms with van der Waals surface area (Å²) in [6, 6.07) is 0. The second-order valence-electron chi connectivity index (χ2n) is 4.44. The fourth-order valence-electron chi connectivity index (χ4n) is 2.12. The summed E-state index contributed by atoms with van der Waals surface area (Å²) < 4.78 is 0. The molecule has 7 nitrogen and oxygen atoms in total. The zero-order valence-electron chi connectivity index (χ0n) is 10.5. The largest absolute Gasteiger partial charge is 0.480 e. The van der Waals surface area contributed by atoms with Crippen LogP contribution in [0.3, 0.4) is 0 Å². The van der Waals surface area contributed by atoms with Crippen LogP contribution in [0.4, 0.5) is 0 Å². The first-order valence-electron chi connectivity index (χ1n) is 6.15. The molecule has 19 heavy (non-hydrogen) atoms. The Morgan fingerprint density at radius 2 is 1.89 bits per heavy atom. The lowest BCUT2D eigenvalue weighted by Gasteiger charge is -2.20. The molecule has 0 radical (unpaired) electrons. The van der Waals surface area contributed by atoms with E-state index >= 15 is 0 Å². The third-order valence-electron chi connectivity index (χ3n) is 3.04. The lowest BCUT2D eigenvalue weighted by Crippen LogP contribution is -2.36. The van der Waals surface area contributed by atoms with Crippen molar-refractivity contribution >= 4 is 11.9 Å². The van der Waals surface area contributed by atoms with Gasteiger partial charge in [0.25, 0.3) is 5.91 Å². The highest BCUT2D eigenvalue weighted by molar-refractivity contribution is 5.93. The van der Waals surface area contributed by atoms with Crippen LogP contribution in [-0.2, 0) is 4.79 Å². The van der Waals surface area contributed by atoms with E-state index in [1.54, 1.807) is 4.90 Å². The van der Waals surface area contributed by atoms with Crippen LogP contribution < -0.4 is 0 Å². The summed E-state index contributed by atoms with van der Waals surface area (Å²) in [6.45, 7) is 2.45. The Kier molecular flexibility index (Phi) is 4.40. The van der Waals surface area contributed by atoms with Crippen molar-refractivity contribution in [2.45, 2.75) is 6.42 Å². The van der Waals surface area contributed by atoms with E-state index in [4.69, 9.17) is 5.11 Å². The Morgan fingerprint density at radius 1 is 1.16 bits per heavy atom. The second-order valence-corrected chi connectivity index (χ2v) is 4.44. The van der Waals surface area contributed by atoms with Crippen molar-refractivity contribution in [1.29, 1.82) is 0 Å². The van der Waals surface area contributed by atoms with Gasteiger partial charge < -0.3 is 10.0 Å². The van der Waals surface area contributed by atoms with Gasteiger partial charge in [0.05, 0.1) is 12.1 Å². The van der Waals surface area contributed by atoms with Crippen molar-refractivity contribution < 1.29 is 14.7 Å². The summed E-state index contributed by atoms with van der Waals surface area (Å²) in [5.41, 5.74) is 0.467. The maximum Gasteiger partial charge on any atom is 0.317 e. The van der Waals surface area contributed by atoms with Gasteiger partial charge in [-0.05, 0) is 6.42 Å². The molecule has 1 fully saturated rings. The van der Waals surface area contributed by atoms with E-state index in [9.17, 15) is 9.59 Å². The molecule has 1 aliphatic heterocycles. The lowest BCUT2D eigenvalue weighted by molar-refractivity contribution is -0.138. The van der Waals surface area contributed by atoms with Gasteiger partial charge in [0, 0.05) is 38.6 Å². The number of hydrogen-bond donors (Lipinski definition) is 1. The molecule has 1 aromatic heterocycles. The van der Waals surface area contributed by atoms with Gasteiger partial charge in [-0.3, -0.25) is 14.5 Å². The lowest BCUT2D eigenvalue weighted by atomic mass is 10.3. The molecule has 1 amide bonds. The minimum absolute atomic E-state index is 0.0243. The number of amides is 1. The normalized spacial score (nSPS) is 16.9. The van der Waals surface area contributed by atoms with Crippen molar-refractivity contribution in [2.75, 3.05) is 32.7 Å². The fraction of sp³-hybridized carbons (Fsp3) is 0.500. The van der Waals surface area contributed by atoms with Gasteiger partial charge in [-0.25, -0.2) is 9.97 Å². The van der Waals surface area contributed by atoms with E-state index < -0.39 is 5.97 Å². The fourth-order valence-corrected chi connectivity index (χ4v) is 2.12. The highest BCUT2D eigenvalue weighted by atomic mass is 16.4. The molecule has 7 heteroatoms. The van der Waals surface area contributed by atoms with E-state index in [2.05, 4.69) is 9.97 Å². The van der Waals surface area contributed by atoms with Crippen LogP contribution in [0.15, 0.2) is 18.7 Å². The van der Waals surface area contributed by atoms with Crippen LogP contribution in [-0.4, -0.2) is 69.5 Å². The van der Waals surface area contributed by atoms with Gasteiger partial charge in [0.2, 0.25) is 0 Å². The van der Waals surface area contributed by atoms with Crippen LogP contribution in [0.1, 0.15) is 16.8 Å². The minimum atomic E-state index is -0.837. The number of rotatable bonds is 3. The third-order valence-corrected chi connectivity index (χ3v) is 3.04. The zero-order chi connectivity index (χ0) is 13.7. The number of carboxylic acid groups (broad SMARTS) is 1. The monoisotopic (exact) mass is 264 g/mol. The molecular formula is C12H16N4O3. The molecule has 2 rings (SSSR count). The maximum absolute atomic E-state index is 12.2. The number of carbonyl (C=O) groups excluding carboxylic acids is 1. The van der Waals surface area contributed by atoms with Crippen molar-refractivity contribution in [1.82, 2.24) is 19.8 Å². The molecule has 0 spiro atoms. The first-order valence-corrected chi connectivity index (χ1v) is 6.15. The molecule has 102 valence electrons. The van der Waals surface area contributed by atoms with Gasteiger partial charge >= 0.3 is 5.97 Å². The summed E-state index contributed by atoms with van der Waals surface area (Å²) >= 11 is 0. The van der Waals surface area contributed by atoms with Gasteiger partial charge in [-0.15, -0.1) is 0 Å². The molecule has 2 heterocycles. The van der Waals surface area contributed by atoms with Gasteiger partial charge in [0.1, 0.15) is 6.33 Å². The second kappa shape index (κ2) is 6.24. The Balaban J connectivity index is 1.96. The summed E-state index contributed by atoms with van der Waals surface area (Å²) in [4.78, 5) is 34.1. The quantitative estimate of drug-likeness (QED) is 0.807. The number of aliphatic carboxylic acids is 1. The Hall–Kier alpha value is -2.02. The van der Waals surface area contributed by atoms with Gasteiger partial charge in [-0.2, -0.15) is 0 Å². The van der Waals surface area contributed by atoms with Crippen LogP contribution in [0, 0.1) is 0 Å². The zero-order valence-corrected chi connectivity index (χ0v) is 10.5. The molecule has 0 saturated carbocycles. The maximum atomic E-state index is 12.2. The summed E-state index contributed by atoms with van der Waals surface area (Å²) in [7, 11) is 0. The highest BCUT2D eigenvalue weighted by Crippen LogP contribution is 2.07. The first kappa shape index (κ1) is 13.4. The molecule has 0 bridgehead atoms. The molecule has 1 N–H and O–H groups in total. The van der Waals surface area contributed by atoms with E-state index in [0.29, 0.717) is 31.7 Å². The number of nitrogens with zero attached hydrogens (tertiary/aromatic N) is 4. The molecular weight excluding hydrogens is 248 g/mol. The average Bonchev–Trinajstić information content (AvgIpc) is 2.64. The molecule has 1 aromatic rings. The highest BCUT2D eigenvalue weighted by Gasteiger charge is 2.21. The number of hydrogen-bond acceptors (Lipinski definition) is 5. The van der Waals surface area contributed by atoms with Crippen LogP contribution in [0.2, 0.25) is 0 Å². The standard InChI is InChI=1S/C12H16N4O3/c17-11(18)8-15-2-1-3-16(5-4-15)12(19)10-6-13-9-14-7-10/h6-7,9H,1-5,8H2,(H,17,18). The van der Waals surface area contributed by atoms with Crippen molar-refractivity contribution in [2.24, 2.45) is 0 Å². The van der Waals surface area contributed by atoms with Crippen molar-refractivity contribution in [3.05, 3.63) is 24.3 Å². The Labute approximate surface area is 110 Å². The summed E-state index contributed by atoms with van der Waals surface area (Å²) in [6.07, 6.45) is 5.14. The van der Waals surface area contributed by atoms with E-state index in [1.165, 1.54) is 18.7 Å². The first-order chi connectivity index (χ1) is 9.16. The molecule has 0 unspecified atom stereocenters. The van der Waals surface area contributed by atoms with Crippen LogP contribution in [0.5, 0.6) is 0 Å². The number of carboxylic acids is 1. The van der Waals surface area contributed by atoms with E-state index in [1.807, 2.05) is 4.90 Å².